The topological polar surface area (TPSA) is 26.8 Å². The van der Waals surface area contributed by atoms with Crippen LogP contribution in [0.4, 0.5) is 0 Å². The third-order valence-corrected chi connectivity index (χ3v) is 12.0. The summed E-state index contributed by atoms with van der Waals surface area (Å²) in [5, 5.41) is 5.14. The van der Waals surface area contributed by atoms with Crippen LogP contribution in [0.3, 0.4) is 0 Å². The maximum atomic E-state index is 6.92. The van der Waals surface area contributed by atoms with Gasteiger partial charge < -0.3 is 0 Å². The van der Waals surface area contributed by atoms with E-state index in [2.05, 4.69) is 128 Å². The van der Waals surface area contributed by atoms with Crippen LogP contribution in [0, 0.1) is 0 Å². The molecule has 5 nitrogen and oxygen atoms in total. The van der Waals surface area contributed by atoms with Crippen molar-refractivity contribution in [2.75, 3.05) is 0 Å². The number of nitrogens with zero attached hydrogens (tertiary/aromatic N) is 4. The first-order valence-electron chi connectivity index (χ1n) is 14.0. The SMILES string of the molecule is c1cc[n+]2c(c1)-n1c3ccccc3c3ccc4c(c31)C21c2c(ccc3c5cccc6c5n(c23)-c2c(ccc[n+]21)[Se]6)O4. The van der Waals surface area contributed by atoms with Crippen molar-refractivity contribution in [3.8, 4) is 23.1 Å². The minimum absolute atomic E-state index is 0.201. The zero-order valence-corrected chi connectivity index (χ0v) is 23.2. The van der Waals surface area contributed by atoms with Gasteiger partial charge in [-0.2, -0.15) is 0 Å². The summed E-state index contributed by atoms with van der Waals surface area (Å²) in [4.78, 5) is 0. The van der Waals surface area contributed by atoms with E-state index >= 15 is 0 Å². The first-order valence-corrected chi connectivity index (χ1v) is 15.7. The van der Waals surface area contributed by atoms with Crippen molar-refractivity contribution in [3.05, 3.63) is 121 Å². The van der Waals surface area contributed by atoms with Gasteiger partial charge in [0.2, 0.25) is 0 Å². The third kappa shape index (κ3) is 1.88. The second-order valence-corrected chi connectivity index (χ2v) is 13.7. The Labute approximate surface area is 239 Å². The monoisotopic (exact) mass is 590 g/mol. The van der Waals surface area contributed by atoms with Gasteiger partial charge in [-0.05, 0) is 0 Å². The van der Waals surface area contributed by atoms with E-state index in [-0.39, 0.29) is 15.0 Å². The molecule has 0 amide bonds. The zero-order chi connectivity index (χ0) is 26.2. The van der Waals surface area contributed by atoms with E-state index in [1.54, 1.807) is 0 Å². The summed E-state index contributed by atoms with van der Waals surface area (Å²) >= 11 is 0.201. The van der Waals surface area contributed by atoms with Crippen LogP contribution in [0.2, 0.25) is 0 Å². The average molecular weight is 590 g/mol. The van der Waals surface area contributed by atoms with Crippen LogP contribution in [0.25, 0.3) is 55.2 Å². The average Bonchev–Trinajstić information content (AvgIpc) is 3.55. The van der Waals surface area contributed by atoms with Crippen LogP contribution in [-0.4, -0.2) is 24.1 Å². The molecule has 0 aliphatic carbocycles. The van der Waals surface area contributed by atoms with Crippen LogP contribution in [-0.2, 0) is 5.66 Å². The first kappa shape index (κ1) is 20.0. The number of fused-ring (bicyclic) bond motifs is 6. The summed E-state index contributed by atoms with van der Waals surface area (Å²) in [5.41, 5.74) is 6.85. The zero-order valence-electron chi connectivity index (χ0n) is 21.5. The Hall–Kier alpha value is -4.90. The van der Waals surface area contributed by atoms with E-state index in [9.17, 15) is 0 Å². The molecule has 41 heavy (non-hydrogen) atoms. The molecule has 188 valence electrons. The quantitative estimate of drug-likeness (QED) is 0.190. The van der Waals surface area contributed by atoms with Gasteiger partial charge in [0.15, 0.2) is 0 Å². The Bertz CT molecular complexity index is 2610. The minimum atomic E-state index is -0.647. The summed E-state index contributed by atoms with van der Waals surface area (Å²) in [5.74, 6) is 4.29. The van der Waals surface area contributed by atoms with Crippen LogP contribution in [0.1, 0.15) is 11.1 Å². The number of benzene rings is 4. The van der Waals surface area contributed by atoms with Gasteiger partial charge in [-0.15, -0.1) is 0 Å². The second kappa shape index (κ2) is 6.21. The molecule has 8 aromatic rings. The number of aromatic nitrogens is 4. The maximum absolute atomic E-state index is 6.92. The molecular weight excluding hydrogens is 571 g/mol. The van der Waals surface area contributed by atoms with E-state index in [1.807, 2.05) is 0 Å². The molecule has 0 fully saturated rings. The molecule has 1 unspecified atom stereocenters. The van der Waals surface area contributed by atoms with Crippen LogP contribution < -0.4 is 22.8 Å². The fourth-order valence-electron chi connectivity index (χ4n) is 8.41. The number of para-hydroxylation sites is 2. The van der Waals surface area contributed by atoms with Gasteiger partial charge in [0, 0.05) is 0 Å². The van der Waals surface area contributed by atoms with Gasteiger partial charge in [-0.1, -0.05) is 0 Å². The van der Waals surface area contributed by atoms with Crippen molar-refractivity contribution in [3.63, 3.8) is 0 Å². The van der Waals surface area contributed by atoms with Crippen molar-refractivity contribution in [2.45, 2.75) is 5.66 Å². The van der Waals surface area contributed by atoms with Crippen LogP contribution >= 0.6 is 0 Å². The van der Waals surface area contributed by atoms with Crippen molar-refractivity contribution in [2.24, 2.45) is 0 Å². The van der Waals surface area contributed by atoms with Crippen molar-refractivity contribution >= 4 is 67.5 Å². The first-order chi connectivity index (χ1) is 20.4. The van der Waals surface area contributed by atoms with Gasteiger partial charge in [-0.3, -0.25) is 0 Å². The molecule has 0 saturated carbocycles. The summed E-state index contributed by atoms with van der Waals surface area (Å²) < 4.78 is 19.8. The molecule has 1 atom stereocenters. The van der Waals surface area contributed by atoms with Crippen molar-refractivity contribution < 1.29 is 13.9 Å². The summed E-state index contributed by atoms with van der Waals surface area (Å²) in [6.07, 6.45) is 4.57. The van der Waals surface area contributed by atoms with E-state index in [0.29, 0.717) is 0 Å². The van der Waals surface area contributed by atoms with E-state index in [4.69, 9.17) is 4.74 Å². The summed E-state index contributed by atoms with van der Waals surface area (Å²) in [6, 6.07) is 35.8. The number of rotatable bonds is 0. The number of pyridine rings is 2. The molecule has 4 aromatic carbocycles. The predicted molar refractivity (Wildman–Crippen MR) is 159 cm³/mol. The molecule has 4 aliphatic heterocycles. The standard InChI is InChI=1S/C35H18N4OSe/c1-2-9-23-19(7-1)21-13-15-24-29-32(21)38(23)28-12-3-4-17-36(28)35(29)30-25(40-24)16-14-22-20-8-5-10-26-31(20)39(33(22)30)34-27(41-26)11-6-18-37(34)35/h1-18H/q+2. The Morgan fingerprint density at radius 1 is 0.561 bits per heavy atom. The van der Waals surface area contributed by atoms with Crippen LogP contribution in [0.5, 0.6) is 11.5 Å². The normalized spacial score (nSPS) is 18.0. The van der Waals surface area contributed by atoms with Crippen molar-refractivity contribution in [1.82, 2.24) is 9.13 Å². The van der Waals surface area contributed by atoms with Gasteiger partial charge >= 0.3 is 240 Å². The van der Waals surface area contributed by atoms with Gasteiger partial charge in [0.25, 0.3) is 0 Å². The molecule has 0 bridgehead atoms. The molecule has 4 aromatic heterocycles. The van der Waals surface area contributed by atoms with Crippen molar-refractivity contribution in [1.29, 1.82) is 0 Å². The summed E-state index contributed by atoms with van der Waals surface area (Å²) in [6.45, 7) is 0. The number of hydrogen-bond donors (Lipinski definition) is 0. The van der Waals surface area contributed by atoms with Gasteiger partial charge in [0.05, 0.1) is 0 Å². The molecule has 6 heteroatoms. The molecule has 0 N–H and O–H groups in total. The van der Waals surface area contributed by atoms with Gasteiger partial charge in [0.1, 0.15) is 0 Å². The molecule has 1 spiro atoms. The van der Waals surface area contributed by atoms with E-state index < -0.39 is 5.66 Å². The molecule has 0 saturated heterocycles. The molecule has 12 rings (SSSR count). The molecular formula is C35H18N4OSe+2. The van der Waals surface area contributed by atoms with Gasteiger partial charge in [-0.25, -0.2) is 0 Å². The summed E-state index contributed by atoms with van der Waals surface area (Å²) in [7, 11) is 0. The van der Waals surface area contributed by atoms with E-state index in [1.165, 1.54) is 69.5 Å². The Kier molecular flexibility index (Phi) is 3.03. The number of hydrogen-bond acceptors (Lipinski definition) is 1. The molecule has 4 aliphatic rings. The Balaban J connectivity index is 1.46. The Morgan fingerprint density at radius 3 is 2.17 bits per heavy atom. The molecule has 0 radical (unpaired) electrons. The van der Waals surface area contributed by atoms with E-state index in [0.717, 1.165) is 17.3 Å². The fourth-order valence-corrected chi connectivity index (χ4v) is 10.7. The van der Waals surface area contributed by atoms with Crippen LogP contribution in [0.15, 0.2) is 109 Å². The third-order valence-electron chi connectivity index (χ3n) is 9.72. The number of ether oxygens (including phenoxy) is 1. The second-order valence-electron chi connectivity index (χ2n) is 11.4. The fraction of sp³-hybridized carbons (Fsp3) is 0.0286. The predicted octanol–water partition coefficient (Wildman–Crippen LogP) is 4.45. The molecule has 8 heterocycles. The Morgan fingerprint density at radius 2 is 1.27 bits per heavy atom.